The Balaban J connectivity index is 2.11. The summed E-state index contributed by atoms with van der Waals surface area (Å²) >= 11 is 7.31. The zero-order valence-electron chi connectivity index (χ0n) is 13.8. The Kier molecular flexibility index (Phi) is 6.75. The van der Waals surface area contributed by atoms with Gasteiger partial charge in [-0.1, -0.05) is 31.5 Å². The Morgan fingerprint density at radius 1 is 1.12 bits per heavy atom. The van der Waals surface area contributed by atoms with E-state index in [4.69, 9.17) is 11.6 Å². The van der Waals surface area contributed by atoms with Gasteiger partial charge in [0.1, 0.15) is 0 Å². The quantitative estimate of drug-likeness (QED) is 0.732. The van der Waals surface area contributed by atoms with E-state index in [9.17, 15) is 13.2 Å². The molecule has 8 heteroatoms. The monoisotopic (exact) mass is 398 g/mol. The van der Waals surface area contributed by atoms with Crippen LogP contribution in [0.2, 0.25) is 5.02 Å². The number of sulfonamides is 1. The van der Waals surface area contributed by atoms with Crippen LogP contribution in [0.15, 0.2) is 53.4 Å². The molecule has 0 atom stereocenters. The lowest BCUT2D eigenvalue weighted by atomic mass is 10.3. The van der Waals surface area contributed by atoms with Gasteiger partial charge >= 0.3 is 0 Å². The fourth-order valence-corrected chi connectivity index (χ4v) is 3.70. The maximum atomic E-state index is 12.5. The summed E-state index contributed by atoms with van der Waals surface area (Å²) in [6.45, 7) is 4.02. The van der Waals surface area contributed by atoms with Crippen LogP contribution in [0.3, 0.4) is 0 Å². The SMILES string of the molecule is CC(C)SCC(=O)Nc1cccc(S(=O)(=O)Nc2ccc(Cl)cc2)c1. The first-order chi connectivity index (χ1) is 11.8. The highest BCUT2D eigenvalue weighted by molar-refractivity contribution is 8.00. The van der Waals surface area contributed by atoms with Crippen LogP contribution < -0.4 is 10.0 Å². The Morgan fingerprint density at radius 2 is 1.80 bits per heavy atom. The predicted octanol–water partition coefficient (Wildman–Crippen LogP) is 4.22. The van der Waals surface area contributed by atoms with E-state index in [0.717, 1.165) is 0 Å². The second-order valence-electron chi connectivity index (χ2n) is 5.55. The highest BCUT2D eigenvalue weighted by Gasteiger charge is 2.15. The first kappa shape index (κ1) is 19.6. The van der Waals surface area contributed by atoms with Crippen LogP contribution in [0.25, 0.3) is 0 Å². The van der Waals surface area contributed by atoms with Gasteiger partial charge in [-0.05, 0) is 47.7 Å². The maximum absolute atomic E-state index is 12.5. The van der Waals surface area contributed by atoms with E-state index in [2.05, 4.69) is 10.0 Å². The number of amides is 1. The van der Waals surface area contributed by atoms with Crippen molar-refractivity contribution in [1.29, 1.82) is 0 Å². The normalized spacial score (nSPS) is 11.4. The molecule has 0 aliphatic carbocycles. The summed E-state index contributed by atoms with van der Waals surface area (Å²) in [6, 6.07) is 12.5. The molecule has 25 heavy (non-hydrogen) atoms. The molecule has 0 saturated carbocycles. The largest absolute Gasteiger partial charge is 0.325 e. The van der Waals surface area contributed by atoms with E-state index >= 15 is 0 Å². The molecule has 0 spiro atoms. The van der Waals surface area contributed by atoms with Gasteiger partial charge in [0, 0.05) is 16.4 Å². The minimum atomic E-state index is -3.76. The van der Waals surface area contributed by atoms with Gasteiger partial charge < -0.3 is 5.32 Å². The summed E-state index contributed by atoms with van der Waals surface area (Å²) < 4.78 is 27.4. The summed E-state index contributed by atoms with van der Waals surface area (Å²) in [5.41, 5.74) is 0.848. The molecule has 0 aliphatic rings. The molecule has 2 aromatic carbocycles. The van der Waals surface area contributed by atoms with E-state index in [0.29, 0.717) is 27.4 Å². The molecule has 2 aromatic rings. The standard InChI is InChI=1S/C17H19ClN2O3S2/c1-12(2)24-11-17(21)19-15-4-3-5-16(10-15)25(22,23)20-14-8-6-13(18)7-9-14/h3-10,12,20H,11H2,1-2H3,(H,19,21). The third-order valence-electron chi connectivity index (χ3n) is 3.07. The molecule has 2 N–H and O–H groups in total. The lowest BCUT2D eigenvalue weighted by Crippen LogP contribution is -2.16. The molecule has 0 unspecified atom stereocenters. The maximum Gasteiger partial charge on any atom is 0.261 e. The van der Waals surface area contributed by atoms with Crippen molar-refractivity contribution in [2.45, 2.75) is 24.0 Å². The van der Waals surface area contributed by atoms with Crippen LogP contribution in [0.4, 0.5) is 11.4 Å². The fraction of sp³-hybridized carbons (Fsp3) is 0.235. The molecule has 134 valence electrons. The number of halogens is 1. The van der Waals surface area contributed by atoms with E-state index < -0.39 is 10.0 Å². The van der Waals surface area contributed by atoms with Gasteiger partial charge in [-0.15, -0.1) is 11.8 Å². The molecule has 0 radical (unpaired) electrons. The third kappa shape index (κ3) is 6.26. The van der Waals surface area contributed by atoms with Crippen molar-refractivity contribution >= 4 is 50.7 Å². The van der Waals surface area contributed by atoms with Crippen LogP contribution in [0.1, 0.15) is 13.8 Å². The molecule has 0 aromatic heterocycles. The highest BCUT2D eigenvalue weighted by atomic mass is 35.5. The lowest BCUT2D eigenvalue weighted by Gasteiger charge is -2.11. The number of hydrogen-bond acceptors (Lipinski definition) is 4. The molecule has 0 fully saturated rings. The minimum Gasteiger partial charge on any atom is -0.325 e. The molecule has 0 bridgehead atoms. The highest BCUT2D eigenvalue weighted by Crippen LogP contribution is 2.21. The summed E-state index contributed by atoms with van der Waals surface area (Å²) in [4.78, 5) is 12.0. The molecule has 5 nitrogen and oxygen atoms in total. The number of carbonyl (C=O) groups is 1. The average molecular weight is 399 g/mol. The third-order valence-corrected chi connectivity index (χ3v) is 5.80. The second-order valence-corrected chi connectivity index (χ2v) is 9.23. The predicted molar refractivity (Wildman–Crippen MR) is 105 cm³/mol. The van der Waals surface area contributed by atoms with Gasteiger partial charge in [0.15, 0.2) is 0 Å². The van der Waals surface area contributed by atoms with E-state index in [-0.39, 0.29) is 10.8 Å². The number of hydrogen-bond donors (Lipinski definition) is 2. The van der Waals surface area contributed by atoms with Crippen molar-refractivity contribution in [3.63, 3.8) is 0 Å². The van der Waals surface area contributed by atoms with Crippen LogP contribution in [0.5, 0.6) is 0 Å². The molecule has 2 rings (SSSR count). The van der Waals surface area contributed by atoms with Crippen molar-refractivity contribution in [2.75, 3.05) is 15.8 Å². The zero-order valence-corrected chi connectivity index (χ0v) is 16.2. The first-order valence-corrected chi connectivity index (χ1v) is 10.5. The summed E-state index contributed by atoms with van der Waals surface area (Å²) in [5.74, 6) is 0.149. The molecular formula is C17H19ClN2O3S2. The Bertz CT molecular complexity index is 837. The Morgan fingerprint density at radius 3 is 2.44 bits per heavy atom. The number of rotatable bonds is 7. The Labute approximate surface area is 157 Å². The van der Waals surface area contributed by atoms with Gasteiger partial charge in [-0.25, -0.2) is 8.42 Å². The zero-order chi connectivity index (χ0) is 18.4. The summed E-state index contributed by atoms with van der Waals surface area (Å²) in [6.07, 6.45) is 0. The van der Waals surface area contributed by atoms with Gasteiger partial charge in [-0.3, -0.25) is 9.52 Å². The van der Waals surface area contributed by atoms with E-state index in [1.807, 2.05) is 13.8 Å². The van der Waals surface area contributed by atoms with Crippen LogP contribution in [-0.2, 0) is 14.8 Å². The minimum absolute atomic E-state index is 0.0664. The van der Waals surface area contributed by atoms with Crippen molar-refractivity contribution < 1.29 is 13.2 Å². The Hall–Kier alpha value is -1.70. The molecule has 0 aliphatic heterocycles. The second kappa shape index (κ2) is 8.60. The number of thioether (sulfide) groups is 1. The van der Waals surface area contributed by atoms with Gasteiger partial charge in [0.05, 0.1) is 10.6 Å². The lowest BCUT2D eigenvalue weighted by molar-refractivity contribution is -0.113. The average Bonchev–Trinajstić information content (AvgIpc) is 2.55. The number of carbonyl (C=O) groups excluding carboxylic acids is 1. The number of benzene rings is 2. The smallest absolute Gasteiger partial charge is 0.261 e. The van der Waals surface area contributed by atoms with Crippen molar-refractivity contribution in [2.24, 2.45) is 0 Å². The first-order valence-electron chi connectivity index (χ1n) is 7.56. The van der Waals surface area contributed by atoms with Crippen molar-refractivity contribution in [3.05, 3.63) is 53.6 Å². The summed E-state index contributed by atoms with van der Waals surface area (Å²) in [7, 11) is -3.76. The molecule has 1 amide bonds. The van der Waals surface area contributed by atoms with Gasteiger partial charge in [0.25, 0.3) is 10.0 Å². The number of anilines is 2. The van der Waals surface area contributed by atoms with Gasteiger partial charge in [-0.2, -0.15) is 0 Å². The van der Waals surface area contributed by atoms with Crippen LogP contribution >= 0.6 is 23.4 Å². The molecular weight excluding hydrogens is 380 g/mol. The van der Waals surface area contributed by atoms with Gasteiger partial charge in [0.2, 0.25) is 5.91 Å². The fourth-order valence-electron chi connectivity index (χ4n) is 1.91. The van der Waals surface area contributed by atoms with E-state index in [1.54, 1.807) is 36.4 Å². The van der Waals surface area contributed by atoms with Crippen LogP contribution in [-0.4, -0.2) is 25.3 Å². The van der Waals surface area contributed by atoms with Crippen molar-refractivity contribution in [3.8, 4) is 0 Å². The summed E-state index contributed by atoms with van der Waals surface area (Å²) in [5, 5.41) is 3.58. The molecule has 0 saturated heterocycles. The number of nitrogens with one attached hydrogen (secondary N) is 2. The topological polar surface area (TPSA) is 75.3 Å². The molecule has 0 heterocycles. The van der Waals surface area contributed by atoms with Crippen molar-refractivity contribution in [1.82, 2.24) is 0 Å². The van der Waals surface area contributed by atoms with Crippen LogP contribution in [0, 0.1) is 0 Å². The van der Waals surface area contributed by atoms with E-state index in [1.165, 1.54) is 23.9 Å².